The largest absolute Gasteiger partial charge is 0.306 e. The van der Waals surface area contributed by atoms with Gasteiger partial charge in [0.25, 0.3) is 0 Å². The number of hydrogen-bond donors (Lipinski definition) is 1. The molecule has 0 bridgehead atoms. The number of rotatable bonds is 4. The van der Waals surface area contributed by atoms with Crippen LogP contribution in [-0.2, 0) is 6.54 Å². The number of aryl methyl sites for hydroxylation is 1. The van der Waals surface area contributed by atoms with Gasteiger partial charge in [0, 0.05) is 18.8 Å². The average molecular weight is 251 g/mol. The fraction of sp³-hybridized carbons (Fsp3) is 0.250. The van der Waals surface area contributed by atoms with Crippen LogP contribution in [-0.4, -0.2) is 4.98 Å². The molecule has 3 heteroatoms. The van der Waals surface area contributed by atoms with Gasteiger partial charge in [-0.2, -0.15) is 5.26 Å². The van der Waals surface area contributed by atoms with Crippen LogP contribution in [0.4, 0.5) is 0 Å². The Labute approximate surface area is 113 Å². The maximum atomic E-state index is 8.82. The number of nitrogens with zero attached hydrogens (tertiary/aromatic N) is 2. The molecule has 0 radical (unpaired) electrons. The monoisotopic (exact) mass is 251 g/mol. The molecule has 96 valence electrons. The second kappa shape index (κ2) is 6.12. The van der Waals surface area contributed by atoms with Gasteiger partial charge in [-0.25, -0.2) is 4.98 Å². The number of hydrogen-bond acceptors (Lipinski definition) is 3. The third-order valence-corrected chi connectivity index (χ3v) is 3.09. The predicted molar refractivity (Wildman–Crippen MR) is 75.4 cm³/mol. The summed E-state index contributed by atoms with van der Waals surface area (Å²) in [6.45, 7) is 4.96. The van der Waals surface area contributed by atoms with E-state index in [-0.39, 0.29) is 6.04 Å². The van der Waals surface area contributed by atoms with Crippen molar-refractivity contribution in [3.63, 3.8) is 0 Å². The van der Waals surface area contributed by atoms with E-state index in [4.69, 9.17) is 5.26 Å². The minimum Gasteiger partial charge on any atom is -0.306 e. The zero-order valence-electron chi connectivity index (χ0n) is 11.2. The molecular weight excluding hydrogens is 234 g/mol. The third-order valence-electron chi connectivity index (χ3n) is 3.09. The quantitative estimate of drug-likeness (QED) is 0.908. The van der Waals surface area contributed by atoms with E-state index < -0.39 is 0 Å². The fourth-order valence-corrected chi connectivity index (χ4v) is 1.97. The molecule has 1 aromatic carbocycles. The number of nitrogens with one attached hydrogen (secondary N) is 1. The summed E-state index contributed by atoms with van der Waals surface area (Å²) in [5, 5.41) is 12.3. The molecule has 0 spiro atoms. The molecule has 2 rings (SSSR count). The summed E-state index contributed by atoms with van der Waals surface area (Å²) in [5.41, 5.74) is 4.07. The van der Waals surface area contributed by atoms with Crippen LogP contribution < -0.4 is 5.32 Å². The van der Waals surface area contributed by atoms with Gasteiger partial charge in [-0.1, -0.05) is 29.8 Å². The van der Waals surface area contributed by atoms with E-state index in [0.717, 1.165) is 12.1 Å². The van der Waals surface area contributed by atoms with E-state index in [9.17, 15) is 0 Å². The Morgan fingerprint density at radius 1 is 1.32 bits per heavy atom. The maximum Gasteiger partial charge on any atom is 0.140 e. The molecule has 0 amide bonds. The summed E-state index contributed by atoms with van der Waals surface area (Å²) in [7, 11) is 0. The Kier molecular flexibility index (Phi) is 4.27. The van der Waals surface area contributed by atoms with Crippen LogP contribution in [0.3, 0.4) is 0 Å². The Morgan fingerprint density at radius 2 is 2.16 bits per heavy atom. The number of pyridine rings is 1. The van der Waals surface area contributed by atoms with Crippen LogP contribution in [0.1, 0.15) is 35.3 Å². The Balaban J connectivity index is 2.00. The van der Waals surface area contributed by atoms with Gasteiger partial charge in [-0.15, -0.1) is 0 Å². The molecule has 0 fully saturated rings. The highest BCUT2D eigenvalue weighted by molar-refractivity contribution is 5.27. The number of aromatic nitrogens is 1. The van der Waals surface area contributed by atoms with Crippen LogP contribution in [0.25, 0.3) is 0 Å². The Hall–Kier alpha value is -2.18. The standard InChI is InChI=1S/C16H17N3/c1-12-4-3-5-15(8-12)13(2)19-11-14-6-7-18-16(9-14)10-17/h3-9,13,19H,11H2,1-2H3/t13-/m0/s1. The third kappa shape index (κ3) is 3.64. The van der Waals surface area contributed by atoms with Gasteiger partial charge >= 0.3 is 0 Å². The predicted octanol–water partition coefficient (Wildman–Crippen LogP) is 3.11. The molecule has 0 saturated heterocycles. The van der Waals surface area contributed by atoms with Crippen LogP contribution in [0.5, 0.6) is 0 Å². The highest BCUT2D eigenvalue weighted by Gasteiger charge is 2.05. The van der Waals surface area contributed by atoms with Gasteiger partial charge in [0.1, 0.15) is 11.8 Å². The first-order valence-corrected chi connectivity index (χ1v) is 6.34. The Bertz CT molecular complexity index is 599. The smallest absolute Gasteiger partial charge is 0.140 e. The van der Waals surface area contributed by atoms with E-state index in [1.807, 2.05) is 12.1 Å². The lowest BCUT2D eigenvalue weighted by Crippen LogP contribution is -2.18. The van der Waals surface area contributed by atoms with Crippen LogP contribution in [0, 0.1) is 18.3 Å². The topological polar surface area (TPSA) is 48.7 Å². The molecule has 0 unspecified atom stereocenters. The SMILES string of the molecule is Cc1cccc([C@H](C)NCc2ccnc(C#N)c2)c1. The Morgan fingerprint density at radius 3 is 2.89 bits per heavy atom. The van der Waals surface area contributed by atoms with Crippen LogP contribution in [0.2, 0.25) is 0 Å². The second-order valence-corrected chi connectivity index (χ2v) is 4.68. The zero-order chi connectivity index (χ0) is 13.7. The highest BCUT2D eigenvalue weighted by Crippen LogP contribution is 2.14. The molecule has 1 aromatic heterocycles. The van der Waals surface area contributed by atoms with Crippen molar-refractivity contribution in [2.45, 2.75) is 26.4 Å². The summed E-state index contributed by atoms with van der Waals surface area (Å²) in [4.78, 5) is 3.97. The van der Waals surface area contributed by atoms with Gasteiger partial charge in [-0.3, -0.25) is 0 Å². The molecule has 1 atom stereocenters. The van der Waals surface area contributed by atoms with Crippen molar-refractivity contribution in [3.05, 3.63) is 65.0 Å². The lowest BCUT2D eigenvalue weighted by Gasteiger charge is -2.15. The molecule has 19 heavy (non-hydrogen) atoms. The van der Waals surface area contributed by atoms with Crippen molar-refractivity contribution in [2.24, 2.45) is 0 Å². The molecular formula is C16H17N3. The summed E-state index contributed by atoms with van der Waals surface area (Å²) in [6.07, 6.45) is 1.67. The molecule has 0 aliphatic heterocycles. The molecule has 1 N–H and O–H groups in total. The zero-order valence-corrected chi connectivity index (χ0v) is 11.2. The van der Waals surface area contributed by atoms with Crippen molar-refractivity contribution in [3.8, 4) is 6.07 Å². The molecule has 3 nitrogen and oxygen atoms in total. The van der Waals surface area contributed by atoms with E-state index in [0.29, 0.717) is 5.69 Å². The van der Waals surface area contributed by atoms with Gasteiger partial charge in [0.05, 0.1) is 0 Å². The molecule has 1 heterocycles. The number of nitriles is 1. The lowest BCUT2D eigenvalue weighted by atomic mass is 10.1. The van der Waals surface area contributed by atoms with Gasteiger partial charge in [0.15, 0.2) is 0 Å². The summed E-state index contributed by atoms with van der Waals surface area (Å²) >= 11 is 0. The summed E-state index contributed by atoms with van der Waals surface area (Å²) in [6, 6.07) is 14.6. The van der Waals surface area contributed by atoms with Crippen molar-refractivity contribution in [1.29, 1.82) is 5.26 Å². The van der Waals surface area contributed by atoms with Crippen molar-refractivity contribution in [1.82, 2.24) is 10.3 Å². The molecule has 0 aliphatic rings. The number of benzene rings is 1. The van der Waals surface area contributed by atoms with E-state index >= 15 is 0 Å². The van der Waals surface area contributed by atoms with E-state index in [2.05, 4.69) is 54.5 Å². The maximum absolute atomic E-state index is 8.82. The van der Waals surface area contributed by atoms with Crippen molar-refractivity contribution >= 4 is 0 Å². The van der Waals surface area contributed by atoms with Gasteiger partial charge in [0.2, 0.25) is 0 Å². The van der Waals surface area contributed by atoms with Gasteiger partial charge in [-0.05, 0) is 37.1 Å². The average Bonchev–Trinajstić information content (AvgIpc) is 2.45. The highest BCUT2D eigenvalue weighted by atomic mass is 14.9. The molecule has 0 aliphatic carbocycles. The van der Waals surface area contributed by atoms with Crippen molar-refractivity contribution in [2.75, 3.05) is 0 Å². The summed E-state index contributed by atoms with van der Waals surface area (Å²) in [5.74, 6) is 0. The lowest BCUT2D eigenvalue weighted by molar-refractivity contribution is 0.574. The van der Waals surface area contributed by atoms with Crippen LogP contribution in [0.15, 0.2) is 42.6 Å². The van der Waals surface area contributed by atoms with Gasteiger partial charge < -0.3 is 5.32 Å². The normalized spacial score (nSPS) is 11.8. The summed E-state index contributed by atoms with van der Waals surface area (Å²) < 4.78 is 0. The molecule has 2 aromatic rings. The first-order valence-electron chi connectivity index (χ1n) is 6.34. The second-order valence-electron chi connectivity index (χ2n) is 4.68. The fourth-order valence-electron chi connectivity index (χ4n) is 1.97. The van der Waals surface area contributed by atoms with Crippen molar-refractivity contribution < 1.29 is 0 Å². The minimum absolute atomic E-state index is 0.276. The minimum atomic E-state index is 0.276. The first kappa shape index (κ1) is 13.3. The molecule has 0 saturated carbocycles. The first-order chi connectivity index (χ1) is 9.19. The van der Waals surface area contributed by atoms with E-state index in [1.165, 1.54) is 11.1 Å². The van der Waals surface area contributed by atoms with E-state index in [1.54, 1.807) is 6.20 Å². The van der Waals surface area contributed by atoms with Crippen LogP contribution >= 0.6 is 0 Å².